The maximum Gasteiger partial charge on any atom is 0.312 e. The van der Waals surface area contributed by atoms with Gasteiger partial charge in [0, 0.05) is 21.8 Å². The van der Waals surface area contributed by atoms with Crippen molar-refractivity contribution in [2.45, 2.75) is 19.0 Å². The molecule has 1 heterocycles. The molecular formula is C12H18BrN3O2S2. The Morgan fingerprint density at radius 2 is 2.30 bits per heavy atom. The van der Waals surface area contributed by atoms with Crippen LogP contribution in [0.5, 0.6) is 0 Å². The summed E-state index contributed by atoms with van der Waals surface area (Å²) in [6, 6.07) is 0.748. The highest BCUT2D eigenvalue weighted by molar-refractivity contribution is 9.10. The van der Waals surface area contributed by atoms with Crippen LogP contribution in [0.25, 0.3) is 0 Å². The van der Waals surface area contributed by atoms with Crippen LogP contribution in [0.2, 0.25) is 0 Å². The van der Waals surface area contributed by atoms with Crippen LogP contribution in [0, 0.1) is 0 Å². The smallest absolute Gasteiger partial charge is 0.312 e. The summed E-state index contributed by atoms with van der Waals surface area (Å²) in [5.41, 5.74) is 5.13. The molecule has 0 bridgehead atoms. The number of thiophene rings is 1. The molecule has 112 valence electrons. The zero-order chi connectivity index (χ0) is 15.1. The highest BCUT2D eigenvalue weighted by atomic mass is 79.9. The number of carbonyl (C=O) groups is 2. The second kappa shape index (κ2) is 8.53. The largest absolute Gasteiger partial charge is 0.352 e. The van der Waals surface area contributed by atoms with Gasteiger partial charge in [0.2, 0.25) is 5.91 Å². The molecule has 0 aliphatic carbocycles. The molecule has 8 heteroatoms. The lowest BCUT2D eigenvalue weighted by Crippen LogP contribution is -2.49. The molecule has 5 nitrogen and oxygen atoms in total. The standard InChI is InChI=1S/C12H18BrN3O2S2/c1-16(6-9-5-8(13)7-20-9)11(17)10(3-4-19-2)15-12(14)18/h5,7,10H,3-4,6H2,1-2H3,(H3,14,15,18). The zero-order valence-corrected chi connectivity index (χ0v) is 14.6. The summed E-state index contributed by atoms with van der Waals surface area (Å²) in [6.45, 7) is 0.519. The van der Waals surface area contributed by atoms with Gasteiger partial charge in [0.1, 0.15) is 6.04 Å². The van der Waals surface area contributed by atoms with Gasteiger partial charge in [0.15, 0.2) is 0 Å². The van der Waals surface area contributed by atoms with Gasteiger partial charge in [-0.25, -0.2) is 4.79 Å². The topological polar surface area (TPSA) is 75.4 Å². The molecule has 0 aromatic carbocycles. The summed E-state index contributed by atoms with van der Waals surface area (Å²) in [5, 5.41) is 4.49. The molecule has 0 radical (unpaired) electrons. The molecule has 1 aromatic rings. The summed E-state index contributed by atoms with van der Waals surface area (Å²) in [4.78, 5) is 26.0. The van der Waals surface area contributed by atoms with Crippen molar-refractivity contribution in [3.8, 4) is 0 Å². The Balaban J connectivity index is 2.64. The second-order valence-electron chi connectivity index (χ2n) is 4.27. The van der Waals surface area contributed by atoms with Crippen LogP contribution < -0.4 is 11.1 Å². The second-order valence-corrected chi connectivity index (χ2v) is 7.17. The van der Waals surface area contributed by atoms with Crippen LogP contribution in [-0.2, 0) is 11.3 Å². The quantitative estimate of drug-likeness (QED) is 0.762. The Kier molecular flexibility index (Phi) is 7.39. The predicted molar refractivity (Wildman–Crippen MR) is 88.0 cm³/mol. The molecule has 20 heavy (non-hydrogen) atoms. The fourth-order valence-corrected chi connectivity index (χ4v) is 3.65. The van der Waals surface area contributed by atoms with Crippen molar-refractivity contribution in [2.24, 2.45) is 5.73 Å². The number of nitrogens with one attached hydrogen (secondary N) is 1. The van der Waals surface area contributed by atoms with Crippen LogP contribution >= 0.6 is 39.0 Å². The first-order valence-corrected chi connectivity index (χ1v) is 9.03. The highest BCUT2D eigenvalue weighted by Crippen LogP contribution is 2.21. The molecule has 0 fully saturated rings. The van der Waals surface area contributed by atoms with Gasteiger partial charge < -0.3 is 16.0 Å². The van der Waals surface area contributed by atoms with Crippen LogP contribution in [0.3, 0.4) is 0 Å². The Bertz CT molecular complexity index is 467. The van der Waals surface area contributed by atoms with E-state index in [9.17, 15) is 9.59 Å². The number of nitrogens with zero attached hydrogens (tertiary/aromatic N) is 1. The van der Waals surface area contributed by atoms with Gasteiger partial charge in [0.05, 0.1) is 6.54 Å². The summed E-state index contributed by atoms with van der Waals surface area (Å²) >= 11 is 6.59. The number of likely N-dealkylation sites (N-methyl/N-ethyl adjacent to an activating group) is 1. The number of hydrogen-bond acceptors (Lipinski definition) is 4. The molecule has 0 aliphatic rings. The van der Waals surface area contributed by atoms with Crippen molar-refractivity contribution in [1.29, 1.82) is 0 Å². The third-order valence-corrected chi connectivity index (χ3v) is 4.94. The SMILES string of the molecule is CSCCC(NC(N)=O)C(=O)N(C)Cc1cc(Br)cs1. The Labute approximate surface area is 135 Å². The van der Waals surface area contributed by atoms with Gasteiger partial charge in [0.25, 0.3) is 0 Å². The lowest BCUT2D eigenvalue weighted by molar-refractivity contribution is -0.132. The predicted octanol–water partition coefficient (Wildman–Crippen LogP) is 2.26. The highest BCUT2D eigenvalue weighted by Gasteiger charge is 2.23. The molecular weight excluding hydrogens is 362 g/mol. The molecule has 1 unspecified atom stereocenters. The van der Waals surface area contributed by atoms with Gasteiger partial charge in [-0.15, -0.1) is 11.3 Å². The number of urea groups is 1. The van der Waals surface area contributed by atoms with Crippen LogP contribution in [0.1, 0.15) is 11.3 Å². The van der Waals surface area contributed by atoms with E-state index in [-0.39, 0.29) is 5.91 Å². The van der Waals surface area contributed by atoms with Gasteiger partial charge in [-0.2, -0.15) is 11.8 Å². The normalized spacial score (nSPS) is 11.9. The van der Waals surface area contributed by atoms with E-state index < -0.39 is 12.1 Å². The van der Waals surface area contributed by atoms with E-state index in [0.29, 0.717) is 13.0 Å². The molecule has 1 atom stereocenters. The van der Waals surface area contributed by atoms with Gasteiger partial charge in [-0.05, 0) is 40.4 Å². The first kappa shape index (κ1) is 17.3. The van der Waals surface area contributed by atoms with Crippen LogP contribution in [0.4, 0.5) is 4.79 Å². The van der Waals surface area contributed by atoms with Crippen molar-refractivity contribution in [2.75, 3.05) is 19.1 Å². The van der Waals surface area contributed by atoms with Crippen LogP contribution in [-0.4, -0.2) is 41.9 Å². The van der Waals surface area contributed by atoms with Gasteiger partial charge in [-0.3, -0.25) is 4.79 Å². The van der Waals surface area contributed by atoms with E-state index in [0.717, 1.165) is 15.1 Å². The maximum atomic E-state index is 12.3. The molecule has 1 rings (SSSR count). The van der Waals surface area contributed by atoms with Gasteiger partial charge >= 0.3 is 6.03 Å². The van der Waals surface area contributed by atoms with E-state index >= 15 is 0 Å². The number of primary amides is 1. The molecule has 0 aliphatic heterocycles. The minimum absolute atomic E-state index is 0.123. The molecule has 1 aromatic heterocycles. The molecule has 0 saturated heterocycles. The van der Waals surface area contributed by atoms with E-state index in [4.69, 9.17) is 5.73 Å². The lowest BCUT2D eigenvalue weighted by Gasteiger charge is -2.23. The number of amides is 3. The fourth-order valence-electron chi connectivity index (χ4n) is 1.68. The third-order valence-electron chi connectivity index (χ3n) is 2.62. The zero-order valence-electron chi connectivity index (χ0n) is 11.4. The van der Waals surface area contributed by atoms with Crippen LogP contribution in [0.15, 0.2) is 15.9 Å². The van der Waals surface area contributed by atoms with E-state index in [1.807, 2.05) is 17.7 Å². The summed E-state index contributed by atoms with van der Waals surface area (Å²) in [7, 11) is 1.73. The van der Waals surface area contributed by atoms with Crippen molar-refractivity contribution < 1.29 is 9.59 Å². The maximum absolute atomic E-state index is 12.3. The summed E-state index contributed by atoms with van der Waals surface area (Å²) < 4.78 is 1.01. The monoisotopic (exact) mass is 379 g/mol. The first-order valence-electron chi connectivity index (χ1n) is 5.96. The molecule has 3 amide bonds. The number of hydrogen-bond donors (Lipinski definition) is 2. The lowest BCUT2D eigenvalue weighted by atomic mass is 10.2. The average Bonchev–Trinajstić information content (AvgIpc) is 2.78. The molecule has 0 spiro atoms. The Morgan fingerprint density at radius 3 is 2.80 bits per heavy atom. The summed E-state index contributed by atoms with van der Waals surface area (Å²) in [5.74, 6) is 0.664. The van der Waals surface area contributed by atoms with Gasteiger partial charge in [-0.1, -0.05) is 0 Å². The number of thioether (sulfide) groups is 1. The molecule has 0 saturated carbocycles. The van der Waals surface area contributed by atoms with E-state index in [2.05, 4.69) is 21.2 Å². The molecule has 3 N–H and O–H groups in total. The minimum atomic E-state index is -0.670. The Hall–Kier alpha value is -0.730. The number of rotatable bonds is 7. The number of halogens is 1. The number of nitrogens with two attached hydrogens (primary N) is 1. The number of carbonyl (C=O) groups excluding carboxylic acids is 2. The van der Waals surface area contributed by atoms with Crippen molar-refractivity contribution in [3.05, 3.63) is 20.8 Å². The average molecular weight is 380 g/mol. The Morgan fingerprint density at radius 1 is 1.60 bits per heavy atom. The third kappa shape index (κ3) is 5.72. The van der Waals surface area contributed by atoms with E-state index in [1.165, 1.54) is 0 Å². The van der Waals surface area contributed by atoms with Crippen molar-refractivity contribution in [3.63, 3.8) is 0 Å². The minimum Gasteiger partial charge on any atom is -0.352 e. The first-order chi connectivity index (χ1) is 9.43. The van der Waals surface area contributed by atoms with E-state index in [1.54, 1.807) is 35.0 Å². The fraction of sp³-hybridized carbons (Fsp3) is 0.500. The van der Waals surface area contributed by atoms with Crippen molar-refractivity contribution in [1.82, 2.24) is 10.2 Å². The van der Waals surface area contributed by atoms with Crippen molar-refractivity contribution >= 4 is 51.0 Å². The summed E-state index contributed by atoms with van der Waals surface area (Å²) in [6.07, 6.45) is 2.53.